The highest BCUT2D eigenvalue weighted by atomic mass is 19.1. The lowest BCUT2D eigenvalue weighted by molar-refractivity contribution is 0.170. The van der Waals surface area contributed by atoms with E-state index in [1.165, 1.54) is 18.2 Å². The molecule has 72 valence electrons. The summed E-state index contributed by atoms with van der Waals surface area (Å²) in [5.74, 6) is -0.403. The first-order chi connectivity index (χ1) is 6.15. The summed E-state index contributed by atoms with van der Waals surface area (Å²) in [6.45, 7) is 0.344. The largest absolute Gasteiger partial charge is 0.398 e. The van der Waals surface area contributed by atoms with E-state index in [1.807, 2.05) is 0 Å². The number of aliphatic hydroxyl groups excluding tert-OH is 1. The van der Waals surface area contributed by atoms with Gasteiger partial charge in [0, 0.05) is 11.3 Å². The quantitative estimate of drug-likeness (QED) is 0.608. The Hall–Kier alpha value is -1.13. The number of halogens is 1. The summed E-state index contributed by atoms with van der Waals surface area (Å²) in [5.41, 5.74) is 11.6. The SMILES string of the molecule is NCCC(O)c1cc(F)ccc1N. The van der Waals surface area contributed by atoms with Crippen LogP contribution in [0.5, 0.6) is 0 Å². The van der Waals surface area contributed by atoms with E-state index in [0.717, 1.165) is 0 Å². The Balaban J connectivity index is 2.91. The molecule has 0 aromatic heterocycles. The molecule has 1 aromatic rings. The fraction of sp³-hybridized carbons (Fsp3) is 0.333. The smallest absolute Gasteiger partial charge is 0.123 e. The van der Waals surface area contributed by atoms with Gasteiger partial charge >= 0.3 is 0 Å². The predicted octanol–water partition coefficient (Wildman–Crippen LogP) is 0.790. The van der Waals surface area contributed by atoms with Crippen molar-refractivity contribution in [3.8, 4) is 0 Å². The third kappa shape index (κ3) is 2.40. The Labute approximate surface area is 76.2 Å². The van der Waals surface area contributed by atoms with Gasteiger partial charge in [0.25, 0.3) is 0 Å². The molecule has 0 saturated heterocycles. The number of benzene rings is 1. The summed E-state index contributed by atoms with van der Waals surface area (Å²) < 4.78 is 12.7. The van der Waals surface area contributed by atoms with Gasteiger partial charge in [0.15, 0.2) is 0 Å². The first-order valence-corrected chi connectivity index (χ1v) is 4.08. The summed E-state index contributed by atoms with van der Waals surface area (Å²) in [7, 11) is 0. The molecule has 0 aliphatic rings. The summed E-state index contributed by atoms with van der Waals surface area (Å²) >= 11 is 0. The summed E-state index contributed by atoms with van der Waals surface area (Å²) in [6, 6.07) is 3.92. The average molecular weight is 184 g/mol. The van der Waals surface area contributed by atoms with Gasteiger partial charge in [-0.15, -0.1) is 0 Å². The lowest BCUT2D eigenvalue weighted by Gasteiger charge is -2.11. The Kier molecular flexibility index (Phi) is 3.22. The van der Waals surface area contributed by atoms with Gasteiger partial charge in [-0.1, -0.05) is 0 Å². The lowest BCUT2D eigenvalue weighted by Crippen LogP contribution is -2.08. The van der Waals surface area contributed by atoms with E-state index in [2.05, 4.69) is 0 Å². The third-order valence-electron chi connectivity index (χ3n) is 1.85. The van der Waals surface area contributed by atoms with E-state index in [0.29, 0.717) is 24.2 Å². The van der Waals surface area contributed by atoms with E-state index in [-0.39, 0.29) is 0 Å². The molecule has 3 nitrogen and oxygen atoms in total. The van der Waals surface area contributed by atoms with Crippen molar-refractivity contribution in [3.05, 3.63) is 29.6 Å². The Morgan fingerprint density at radius 2 is 2.15 bits per heavy atom. The molecule has 0 saturated carbocycles. The van der Waals surface area contributed by atoms with Crippen LogP contribution in [-0.2, 0) is 0 Å². The second-order valence-corrected chi connectivity index (χ2v) is 2.87. The Morgan fingerprint density at radius 3 is 2.77 bits per heavy atom. The van der Waals surface area contributed by atoms with Crippen LogP contribution in [0.3, 0.4) is 0 Å². The summed E-state index contributed by atoms with van der Waals surface area (Å²) in [6.07, 6.45) is -0.395. The van der Waals surface area contributed by atoms with Gasteiger partial charge in [-0.05, 0) is 31.2 Å². The van der Waals surface area contributed by atoms with Gasteiger partial charge in [0.05, 0.1) is 6.10 Å². The monoisotopic (exact) mass is 184 g/mol. The van der Waals surface area contributed by atoms with E-state index in [4.69, 9.17) is 11.5 Å². The van der Waals surface area contributed by atoms with Gasteiger partial charge in [-0.3, -0.25) is 0 Å². The molecule has 0 fully saturated rings. The minimum absolute atomic E-state index is 0.344. The first kappa shape index (κ1) is 9.95. The van der Waals surface area contributed by atoms with Gasteiger partial charge in [0.1, 0.15) is 5.82 Å². The zero-order valence-electron chi connectivity index (χ0n) is 7.20. The minimum atomic E-state index is -0.777. The topological polar surface area (TPSA) is 72.3 Å². The number of rotatable bonds is 3. The number of anilines is 1. The molecule has 1 rings (SSSR count). The molecule has 0 aliphatic carbocycles. The number of aliphatic hydroxyl groups is 1. The maximum absolute atomic E-state index is 12.7. The molecule has 0 spiro atoms. The first-order valence-electron chi connectivity index (χ1n) is 4.08. The highest BCUT2D eigenvalue weighted by Crippen LogP contribution is 2.23. The van der Waals surface area contributed by atoms with Crippen LogP contribution in [0.25, 0.3) is 0 Å². The number of nitrogens with two attached hydrogens (primary N) is 2. The van der Waals surface area contributed by atoms with Crippen LogP contribution in [0.4, 0.5) is 10.1 Å². The van der Waals surface area contributed by atoms with Gasteiger partial charge in [-0.25, -0.2) is 4.39 Å². The van der Waals surface area contributed by atoms with Crippen molar-refractivity contribution < 1.29 is 9.50 Å². The standard InChI is InChI=1S/C9H13FN2O/c10-6-1-2-8(12)7(5-6)9(13)3-4-11/h1-2,5,9,13H,3-4,11-12H2. The van der Waals surface area contributed by atoms with Crippen molar-refractivity contribution in [1.82, 2.24) is 0 Å². The number of hydrogen-bond acceptors (Lipinski definition) is 3. The van der Waals surface area contributed by atoms with E-state index < -0.39 is 11.9 Å². The summed E-state index contributed by atoms with van der Waals surface area (Å²) in [4.78, 5) is 0. The minimum Gasteiger partial charge on any atom is -0.398 e. The van der Waals surface area contributed by atoms with E-state index in [1.54, 1.807) is 0 Å². The molecule has 0 radical (unpaired) electrons. The van der Waals surface area contributed by atoms with Crippen LogP contribution >= 0.6 is 0 Å². The Morgan fingerprint density at radius 1 is 1.46 bits per heavy atom. The molecular weight excluding hydrogens is 171 g/mol. The van der Waals surface area contributed by atoms with Crippen LogP contribution in [0.2, 0.25) is 0 Å². The van der Waals surface area contributed by atoms with Crippen molar-refractivity contribution in [2.45, 2.75) is 12.5 Å². The molecular formula is C9H13FN2O. The molecule has 0 bridgehead atoms. The fourth-order valence-electron chi connectivity index (χ4n) is 1.15. The zero-order valence-corrected chi connectivity index (χ0v) is 7.20. The highest BCUT2D eigenvalue weighted by Gasteiger charge is 2.10. The maximum atomic E-state index is 12.7. The molecule has 0 amide bonds. The fourth-order valence-corrected chi connectivity index (χ4v) is 1.15. The molecule has 0 heterocycles. The van der Waals surface area contributed by atoms with Crippen molar-refractivity contribution in [3.63, 3.8) is 0 Å². The molecule has 4 heteroatoms. The molecule has 1 unspecified atom stereocenters. The van der Waals surface area contributed by atoms with Crippen molar-refractivity contribution >= 4 is 5.69 Å². The van der Waals surface area contributed by atoms with Gasteiger partial charge in [0.2, 0.25) is 0 Å². The van der Waals surface area contributed by atoms with E-state index in [9.17, 15) is 9.50 Å². The van der Waals surface area contributed by atoms with E-state index >= 15 is 0 Å². The van der Waals surface area contributed by atoms with Gasteiger partial charge < -0.3 is 16.6 Å². The predicted molar refractivity (Wildman–Crippen MR) is 49.4 cm³/mol. The van der Waals surface area contributed by atoms with Crippen LogP contribution in [0.1, 0.15) is 18.1 Å². The lowest BCUT2D eigenvalue weighted by atomic mass is 10.0. The third-order valence-corrected chi connectivity index (χ3v) is 1.85. The molecule has 5 N–H and O–H groups in total. The van der Waals surface area contributed by atoms with Crippen LogP contribution in [-0.4, -0.2) is 11.7 Å². The average Bonchev–Trinajstić information content (AvgIpc) is 2.09. The second-order valence-electron chi connectivity index (χ2n) is 2.87. The van der Waals surface area contributed by atoms with Crippen molar-refractivity contribution in [2.75, 3.05) is 12.3 Å². The van der Waals surface area contributed by atoms with Crippen LogP contribution in [0.15, 0.2) is 18.2 Å². The normalized spacial score (nSPS) is 12.8. The van der Waals surface area contributed by atoms with Crippen molar-refractivity contribution in [2.24, 2.45) is 5.73 Å². The Bertz CT molecular complexity index is 291. The van der Waals surface area contributed by atoms with Crippen LogP contribution < -0.4 is 11.5 Å². The molecule has 1 atom stereocenters. The second kappa shape index (κ2) is 4.20. The van der Waals surface area contributed by atoms with Gasteiger partial charge in [-0.2, -0.15) is 0 Å². The highest BCUT2D eigenvalue weighted by molar-refractivity contribution is 5.47. The zero-order chi connectivity index (χ0) is 9.84. The number of nitrogen functional groups attached to an aromatic ring is 1. The van der Waals surface area contributed by atoms with Crippen LogP contribution in [0, 0.1) is 5.82 Å². The maximum Gasteiger partial charge on any atom is 0.123 e. The molecule has 0 aliphatic heterocycles. The summed E-state index contributed by atoms with van der Waals surface area (Å²) in [5, 5.41) is 9.50. The van der Waals surface area contributed by atoms with Crippen molar-refractivity contribution in [1.29, 1.82) is 0 Å². The molecule has 13 heavy (non-hydrogen) atoms. The number of hydrogen-bond donors (Lipinski definition) is 3. The molecule has 1 aromatic carbocycles.